The summed E-state index contributed by atoms with van der Waals surface area (Å²) in [6, 6.07) is 7.71. The van der Waals surface area contributed by atoms with Crippen LogP contribution in [-0.4, -0.2) is 25.8 Å². The van der Waals surface area contributed by atoms with Gasteiger partial charge < -0.3 is 5.11 Å². The number of carboxylic acid groups (broad SMARTS) is 1. The minimum atomic E-state index is -0.911. The molecule has 0 radical (unpaired) electrons. The zero-order chi connectivity index (χ0) is 12.4. The summed E-state index contributed by atoms with van der Waals surface area (Å²) in [6.45, 7) is 3.72. The highest BCUT2D eigenvalue weighted by Gasteiger charge is 2.12. The van der Waals surface area contributed by atoms with E-state index in [0.717, 1.165) is 11.3 Å². The number of carbonyl (C=O) groups is 1. The topological polar surface area (TPSA) is 68.0 Å². The van der Waals surface area contributed by atoms with Crippen LogP contribution in [0.3, 0.4) is 0 Å². The van der Waals surface area contributed by atoms with E-state index in [1.54, 1.807) is 11.6 Å². The minimum Gasteiger partial charge on any atom is -0.481 e. The number of aliphatic carboxylic acids is 1. The van der Waals surface area contributed by atoms with Crippen LogP contribution >= 0.6 is 0 Å². The molecule has 0 bridgehead atoms. The molecule has 1 N–H and O–H groups in total. The lowest BCUT2D eigenvalue weighted by atomic mass is 10.2. The minimum absolute atomic E-state index is 0.130. The van der Waals surface area contributed by atoms with Crippen LogP contribution in [0.5, 0.6) is 0 Å². The predicted molar refractivity (Wildman–Crippen MR) is 62.2 cm³/mol. The van der Waals surface area contributed by atoms with Crippen molar-refractivity contribution in [2.24, 2.45) is 0 Å². The second kappa shape index (κ2) is 4.37. The number of rotatable bonds is 3. The molecule has 2 aromatic rings. The fraction of sp³-hybridized carbons (Fsp3) is 0.250. The van der Waals surface area contributed by atoms with Crippen molar-refractivity contribution < 1.29 is 9.90 Å². The number of benzene rings is 1. The van der Waals surface area contributed by atoms with Crippen molar-refractivity contribution >= 4 is 5.97 Å². The lowest BCUT2D eigenvalue weighted by molar-refractivity contribution is -0.136. The molecule has 5 nitrogen and oxygen atoms in total. The van der Waals surface area contributed by atoms with Gasteiger partial charge in [0, 0.05) is 0 Å². The first kappa shape index (κ1) is 11.3. The lowest BCUT2D eigenvalue weighted by Gasteiger charge is -2.04. The standard InChI is InChI=1S/C12H13N3O2/c1-8-4-3-5-10(6-8)15-11(7-12(16)17)13-9(2)14-15/h3-6H,7H2,1-2H3,(H,16,17). The number of hydrogen-bond acceptors (Lipinski definition) is 3. The molecule has 1 aromatic heterocycles. The van der Waals surface area contributed by atoms with Gasteiger partial charge in [-0.2, -0.15) is 5.10 Å². The molecule has 1 aromatic carbocycles. The third kappa shape index (κ3) is 2.50. The largest absolute Gasteiger partial charge is 0.481 e. The quantitative estimate of drug-likeness (QED) is 0.869. The van der Waals surface area contributed by atoms with Crippen molar-refractivity contribution in [2.45, 2.75) is 20.3 Å². The van der Waals surface area contributed by atoms with Crippen LogP contribution in [0.4, 0.5) is 0 Å². The van der Waals surface area contributed by atoms with Crippen LogP contribution in [0.15, 0.2) is 24.3 Å². The molecule has 5 heteroatoms. The zero-order valence-electron chi connectivity index (χ0n) is 9.71. The maximum Gasteiger partial charge on any atom is 0.311 e. The summed E-state index contributed by atoms with van der Waals surface area (Å²) in [7, 11) is 0. The van der Waals surface area contributed by atoms with Gasteiger partial charge in [0.25, 0.3) is 0 Å². The first-order chi connectivity index (χ1) is 8.06. The van der Waals surface area contributed by atoms with E-state index >= 15 is 0 Å². The predicted octanol–water partition coefficient (Wildman–Crippen LogP) is 1.51. The molecule has 0 aliphatic rings. The van der Waals surface area contributed by atoms with E-state index in [1.165, 1.54) is 0 Å². The molecule has 17 heavy (non-hydrogen) atoms. The van der Waals surface area contributed by atoms with Gasteiger partial charge in [0.15, 0.2) is 0 Å². The zero-order valence-corrected chi connectivity index (χ0v) is 9.71. The normalized spacial score (nSPS) is 10.5. The molecular formula is C12H13N3O2. The number of nitrogens with zero attached hydrogens (tertiary/aromatic N) is 3. The maximum atomic E-state index is 10.7. The Kier molecular flexibility index (Phi) is 2.91. The highest BCUT2D eigenvalue weighted by atomic mass is 16.4. The van der Waals surface area contributed by atoms with Gasteiger partial charge >= 0.3 is 5.97 Å². The third-order valence-electron chi connectivity index (χ3n) is 2.34. The van der Waals surface area contributed by atoms with Crippen LogP contribution in [0.1, 0.15) is 17.2 Å². The third-order valence-corrected chi connectivity index (χ3v) is 2.34. The molecule has 0 fully saturated rings. The average Bonchev–Trinajstić information content (AvgIpc) is 2.58. The van der Waals surface area contributed by atoms with Gasteiger partial charge in [-0.3, -0.25) is 4.79 Å². The van der Waals surface area contributed by atoms with Gasteiger partial charge in [0.05, 0.1) is 5.69 Å². The van der Waals surface area contributed by atoms with E-state index in [4.69, 9.17) is 5.11 Å². The first-order valence-electron chi connectivity index (χ1n) is 5.27. The van der Waals surface area contributed by atoms with Gasteiger partial charge in [-0.05, 0) is 31.5 Å². The highest BCUT2D eigenvalue weighted by molar-refractivity contribution is 5.69. The van der Waals surface area contributed by atoms with Crippen LogP contribution in [-0.2, 0) is 11.2 Å². The van der Waals surface area contributed by atoms with Crippen molar-refractivity contribution in [3.8, 4) is 5.69 Å². The molecule has 0 amide bonds. The number of aromatic nitrogens is 3. The van der Waals surface area contributed by atoms with E-state index < -0.39 is 5.97 Å². The summed E-state index contributed by atoms with van der Waals surface area (Å²) in [4.78, 5) is 14.9. The maximum absolute atomic E-state index is 10.7. The SMILES string of the molecule is Cc1cccc(-n2nc(C)nc2CC(=O)O)c1. The van der Waals surface area contributed by atoms with E-state index in [-0.39, 0.29) is 6.42 Å². The van der Waals surface area contributed by atoms with E-state index in [9.17, 15) is 4.79 Å². The second-order valence-electron chi connectivity index (χ2n) is 3.90. The first-order valence-corrected chi connectivity index (χ1v) is 5.27. The van der Waals surface area contributed by atoms with Crippen LogP contribution in [0, 0.1) is 13.8 Å². The van der Waals surface area contributed by atoms with Gasteiger partial charge in [-0.25, -0.2) is 9.67 Å². The smallest absolute Gasteiger partial charge is 0.311 e. The lowest BCUT2D eigenvalue weighted by Crippen LogP contribution is -2.09. The van der Waals surface area contributed by atoms with Crippen molar-refractivity contribution in [3.05, 3.63) is 41.5 Å². The fourth-order valence-electron chi connectivity index (χ4n) is 1.68. The highest BCUT2D eigenvalue weighted by Crippen LogP contribution is 2.12. The molecule has 0 saturated heterocycles. The molecule has 88 valence electrons. The molecule has 2 rings (SSSR count). The summed E-state index contributed by atoms with van der Waals surface area (Å²) in [5.41, 5.74) is 1.93. The Labute approximate surface area is 98.7 Å². The van der Waals surface area contributed by atoms with E-state index in [2.05, 4.69) is 10.1 Å². The molecular weight excluding hydrogens is 218 g/mol. The van der Waals surface area contributed by atoms with Crippen LogP contribution < -0.4 is 0 Å². The van der Waals surface area contributed by atoms with E-state index in [0.29, 0.717) is 11.6 Å². The molecule has 0 unspecified atom stereocenters. The fourth-order valence-corrected chi connectivity index (χ4v) is 1.68. The van der Waals surface area contributed by atoms with Crippen molar-refractivity contribution in [2.75, 3.05) is 0 Å². The average molecular weight is 231 g/mol. The summed E-state index contributed by atoms with van der Waals surface area (Å²) in [6.07, 6.45) is -0.130. The molecule has 0 saturated carbocycles. The molecule has 0 atom stereocenters. The summed E-state index contributed by atoms with van der Waals surface area (Å²) < 4.78 is 1.58. The van der Waals surface area contributed by atoms with Crippen LogP contribution in [0.2, 0.25) is 0 Å². The Morgan fingerprint density at radius 2 is 2.18 bits per heavy atom. The summed E-state index contributed by atoms with van der Waals surface area (Å²) in [5, 5.41) is 13.0. The Morgan fingerprint density at radius 3 is 2.82 bits per heavy atom. The second-order valence-corrected chi connectivity index (χ2v) is 3.90. The van der Waals surface area contributed by atoms with Crippen molar-refractivity contribution in [3.63, 3.8) is 0 Å². The molecule has 0 spiro atoms. The summed E-state index contributed by atoms with van der Waals surface area (Å²) >= 11 is 0. The summed E-state index contributed by atoms with van der Waals surface area (Å²) in [5.74, 6) is 0.106. The van der Waals surface area contributed by atoms with Crippen LogP contribution in [0.25, 0.3) is 5.69 Å². The molecule has 0 aliphatic heterocycles. The Balaban J connectivity index is 2.47. The monoisotopic (exact) mass is 231 g/mol. The number of carboxylic acids is 1. The number of hydrogen-bond donors (Lipinski definition) is 1. The Morgan fingerprint density at radius 1 is 1.41 bits per heavy atom. The van der Waals surface area contributed by atoms with E-state index in [1.807, 2.05) is 31.2 Å². The molecule has 1 heterocycles. The van der Waals surface area contributed by atoms with Gasteiger partial charge in [-0.1, -0.05) is 12.1 Å². The van der Waals surface area contributed by atoms with Crippen molar-refractivity contribution in [1.29, 1.82) is 0 Å². The van der Waals surface area contributed by atoms with Gasteiger partial charge in [0.1, 0.15) is 18.1 Å². The van der Waals surface area contributed by atoms with Gasteiger partial charge in [0.2, 0.25) is 0 Å². The number of aryl methyl sites for hydroxylation is 2. The molecule has 0 aliphatic carbocycles. The van der Waals surface area contributed by atoms with Crippen molar-refractivity contribution in [1.82, 2.24) is 14.8 Å². The Bertz CT molecular complexity index is 561. The van der Waals surface area contributed by atoms with Gasteiger partial charge in [-0.15, -0.1) is 0 Å². The Hall–Kier alpha value is -2.17.